The second-order valence-corrected chi connectivity index (χ2v) is 6.54. The largest absolute Gasteiger partial charge is 0.377 e. The molecule has 2 atom stereocenters. The molecule has 112 valence electrons. The van der Waals surface area contributed by atoms with Crippen molar-refractivity contribution in [1.29, 1.82) is 0 Å². The van der Waals surface area contributed by atoms with Crippen molar-refractivity contribution in [2.75, 3.05) is 20.2 Å². The van der Waals surface area contributed by atoms with Crippen molar-refractivity contribution >= 4 is 0 Å². The molecule has 1 aliphatic carbocycles. The Morgan fingerprint density at radius 3 is 2.95 bits per heavy atom. The van der Waals surface area contributed by atoms with Crippen LogP contribution in [0.3, 0.4) is 0 Å². The minimum Gasteiger partial charge on any atom is -0.377 e. The lowest BCUT2D eigenvalue weighted by atomic mass is 9.75. The molecule has 1 aromatic rings. The number of aryl methyl sites for hydroxylation is 2. The van der Waals surface area contributed by atoms with Gasteiger partial charge in [-0.3, -0.25) is 4.68 Å². The Labute approximate surface area is 121 Å². The van der Waals surface area contributed by atoms with Crippen LogP contribution >= 0.6 is 0 Å². The van der Waals surface area contributed by atoms with Crippen LogP contribution in [0.1, 0.15) is 37.6 Å². The molecule has 0 amide bonds. The first-order valence-electron chi connectivity index (χ1n) is 7.98. The van der Waals surface area contributed by atoms with Crippen LogP contribution in [0.2, 0.25) is 0 Å². The Balaban J connectivity index is 1.86. The van der Waals surface area contributed by atoms with E-state index in [1.807, 2.05) is 0 Å². The molecule has 1 aliphatic heterocycles. The van der Waals surface area contributed by atoms with Crippen LogP contribution < -0.4 is 5.32 Å². The summed E-state index contributed by atoms with van der Waals surface area (Å²) in [7, 11) is 2.06. The summed E-state index contributed by atoms with van der Waals surface area (Å²) in [5.74, 6) is 0.796. The molecule has 2 unspecified atom stereocenters. The summed E-state index contributed by atoms with van der Waals surface area (Å²) in [5, 5.41) is 8.02. The summed E-state index contributed by atoms with van der Waals surface area (Å²) in [6.45, 7) is 7.17. The summed E-state index contributed by atoms with van der Waals surface area (Å²) < 4.78 is 8.29. The molecule has 3 rings (SSSR count). The van der Waals surface area contributed by atoms with E-state index in [4.69, 9.17) is 4.74 Å². The smallest absolute Gasteiger partial charge is 0.0676 e. The van der Waals surface area contributed by atoms with Gasteiger partial charge in [-0.15, -0.1) is 0 Å². The molecule has 0 bridgehead atoms. The van der Waals surface area contributed by atoms with E-state index in [-0.39, 0.29) is 5.41 Å². The van der Waals surface area contributed by atoms with E-state index in [1.165, 1.54) is 25.0 Å². The summed E-state index contributed by atoms with van der Waals surface area (Å²) in [5.41, 5.74) is 2.76. The molecule has 2 heterocycles. The summed E-state index contributed by atoms with van der Waals surface area (Å²) in [6.07, 6.45) is 5.40. The molecule has 1 aromatic heterocycles. The normalized spacial score (nSPS) is 30.1. The van der Waals surface area contributed by atoms with Gasteiger partial charge >= 0.3 is 0 Å². The molecule has 2 aliphatic rings. The number of nitrogens with zero attached hydrogens (tertiary/aromatic N) is 2. The monoisotopic (exact) mass is 277 g/mol. The van der Waals surface area contributed by atoms with Gasteiger partial charge in [0.05, 0.1) is 11.8 Å². The van der Waals surface area contributed by atoms with Gasteiger partial charge in [-0.2, -0.15) is 5.10 Å². The molecular weight excluding hydrogens is 250 g/mol. The fourth-order valence-corrected chi connectivity index (χ4v) is 3.91. The molecule has 0 aromatic carbocycles. The highest BCUT2D eigenvalue weighted by Crippen LogP contribution is 2.49. The van der Waals surface area contributed by atoms with E-state index in [2.05, 4.69) is 42.1 Å². The topological polar surface area (TPSA) is 39.1 Å². The third kappa shape index (κ3) is 2.51. The molecule has 0 radical (unpaired) electrons. The first kappa shape index (κ1) is 14.1. The van der Waals surface area contributed by atoms with Gasteiger partial charge in [-0.05, 0) is 58.6 Å². The highest BCUT2D eigenvalue weighted by Gasteiger charge is 2.50. The Bertz CT molecular complexity index is 466. The van der Waals surface area contributed by atoms with Gasteiger partial charge in [0.25, 0.3) is 0 Å². The predicted octanol–water partition coefficient (Wildman–Crippen LogP) is 2.16. The lowest BCUT2D eigenvalue weighted by molar-refractivity contribution is 0.0306. The maximum atomic E-state index is 6.13. The van der Waals surface area contributed by atoms with Crippen LogP contribution in [-0.2, 0) is 17.7 Å². The molecule has 0 spiro atoms. The summed E-state index contributed by atoms with van der Waals surface area (Å²) >= 11 is 0. The third-order valence-corrected chi connectivity index (χ3v) is 4.90. The zero-order valence-electron chi connectivity index (χ0n) is 13.0. The molecular formula is C16H27N3O. The summed E-state index contributed by atoms with van der Waals surface area (Å²) in [6, 6.07) is 2.25. The average molecular weight is 277 g/mol. The van der Waals surface area contributed by atoms with E-state index >= 15 is 0 Å². The fraction of sp³-hybridized carbons (Fsp3) is 0.812. The van der Waals surface area contributed by atoms with Crippen LogP contribution in [0.15, 0.2) is 6.07 Å². The van der Waals surface area contributed by atoms with Gasteiger partial charge in [0.15, 0.2) is 0 Å². The number of ether oxygens (including phenoxy) is 1. The highest BCUT2D eigenvalue weighted by atomic mass is 16.5. The van der Waals surface area contributed by atoms with Crippen molar-refractivity contribution in [3.63, 3.8) is 0 Å². The highest BCUT2D eigenvalue weighted by molar-refractivity contribution is 5.14. The second kappa shape index (κ2) is 5.49. The fourth-order valence-electron chi connectivity index (χ4n) is 3.91. The van der Waals surface area contributed by atoms with Gasteiger partial charge in [-0.25, -0.2) is 0 Å². The van der Waals surface area contributed by atoms with Crippen molar-refractivity contribution in [1.82, 2.24) is 15.1 Å². The van der Waals surface area contributed by atoms with Crippen LogP contribution in [0.5, 0.6) is 0 Å². The van der Waals surface area contributed by atoms with Crippen molar-refractivity contribution in [2.24, 2.45) is 11.3 Å². The Hall–Kier alpha value is -0.870. The van der Waals surface area contributed by atoms with Gasteiger partial charge in [-0.1, -0.05) is 0 Å². The Morgan fingerprint density at radius 1 is 1.50 bits per heavy atom. The first-order valence-corrected chi connectivity index (χ1v) is 7.98. The minimum absolute atomic E-state index is 0.259. The van der Waals surface area contributed by atoms with Crippen LogP contribution in [0.4, 0.5) is 0 Å². The lowest BCUT2D eigenvalue weighted by Crippen LogP contribution is -2.43. The van der Waals surface area contributed by atoms with E-state index in [1.54, 1.807) is 0 Å². The standard InChI is InChI=1S/C16H27N3O/c1-4-19-14(9-12(2)18-19)10-16(11-17-3)7-8-20-15(16)13-5-6-13/h9,13,15,17H,4-8,10-11H2,1-3H3. The average Bonchev–Trinajstić information content (AvgIpc) is 3.09. The summed E-state index contributed by atoms with van der Waals surface area (Å²) in [4.78, 5) is 0. The quantitative estimate of drug-likeness (QED) is 0.866. The SMILES string of the molecule is CCn1nc(C)cc1CC1(CNC)CCOC1C1CC1. The molecule has 1 saturated carbocycles. The maximum absolute atomic E-state index is 6.13. The lowest BCUT2D eigenvalue weighted by Gasteiger charge is -2.34. The number of aromatic nitrogens is 2. The molecule has 4 nitrogen and oxygen atoms in total. The number of rotatable bonds is 6. The van der Waals surface area contributed by atoms with Crippen LogP contribution in [0.25, 0.3) is 0 Å². The minimum atomic E-state index is 0.259. The molecule has 4 heteroatoms. The van der Waals surface area contributed by atoms with Crippen molar-refractivity contribution in [3.05, 3.63) is 17.5 Å². The van der Waals surface area contributed by atoms with Crippen molar-refractivity contribution < 1.29 is 4.74 Å². The second-order valence-electron chi connectivity index (χ2n) is 6.54. The van der Waals surface area contributed by atoms with Gasteiger partial charge < -0.3 is 10.1 Å². The predicted molar refractivity (Wildman–Crippen MR) is 79.8 cm³/mol. The zero-order chi connectivity index (χ0) is 14.2. The third-order valence-electron chi connectivity index (χ3n) is 4.90. The van der Waals surface area contributed by atoms with Gasteiger partial charge in [0.2, 0.25) is 0 Å². The van der Waals surface area contributed by atoms with E-state index in [0.717, 1.165) is 37.7 Å². The first-order chi connectivity index (χ1) is 9.68. The molecule has 1 saturated heterocycles. The van der Waals surface area contributed by atoms with Gasteiger partial charge in [0.1, 0.15) is 0 Å². The Kier molecular flexibility index (Phi) is 3.87. The van der Waals surface area contributed by atoms with Crippen molar-refractivity contribution in [3.8, 4) is 0 Å². The van der Waals surface area contributed by atoms with Crippen molar-refractivity contribution in [2.45, 2.75) is 52.2 Å². The number of nitrogens with one attached hydrogen (secondary N) is 1. The Morgan fingerprint density at radius 2 is 2.30 bits per heavy atom. The number of hydrogen-bond donors (Lipinski definition) is 1. The van der Waals surface area contributed by atoms with E-state index < -0.39 is 0 Å². The van der Waals surface area contributed by atoms with Crippen LogP contribution in [-0.4, -0.2) is 36.1 Å². The maximum Gasteiger partial charge on any atom is 0.0676 e. The van der Waals surface area contributed by atoms with E-state index in [9.17, 15) is 0 Å². The molecule has 1 N–H and O–H groups in total. The molecule has 2 fully saturated rings. The van der Waals surface area contributed by atoms with E-state index in [0.29, 0.717) is 6.10 Å². The number of hydrogen-bond acceptors (Lipinski definition) is 3. The zero-order valence-corrected chi connectivity index (χ0v) is 13.0. The van der Waals surface area contributed by atoms with Gasteiger partial charge in [0, 0.05) is 30.8 Å². The van der Waals surface area contributed by atoms with Crippen LogP contribution in [0, 0.1) is 18.3 Å². The molecule has 20 heavy (non-hydrogen) atoms.